The van der Waals surface area contributed by atoms with E-state index in [9.17, 15) is 31.1 Å². The zero-order valence-electron chi connectivity index (χ0n) is 12.6. The molecule has 0 radical (unpaired) electrons. The van der Waals surface area contributed by atoms with Gasteiger partial charge in [-0.1, -0.05) is 0 Å². The number of carbonyl (C=O) groups is 1. The zero-order chi connectivity index (χ0) is 19.5. The Bertz CT molecular complexity index is 845. The summed E-state index contributed by atoms with van der Waals surface area (Å²) in [6, 6.07) is 7.45. The predicted octanol–water partition coefficient (Wildman–Crippen LogP) is 5.09. The van der Waals surface area contributed by atoms with E-state index in [2.05, 4.69) is 10.2 Å². The molecule has 0 saturated carbocycles. The highest BCUT2D eigenvalue weighted by atomic mass is 19.4. The molecule has 0 atom stereocenters. The van der Waals surface area contributed by atoms with E-state index in [1.807, 2.05) is 6.07 Å². The van der Waals surface area contributed by atoms with Crippen LogP contribution in [-0.2, 0) is 4.79 Å². The molecule has 10 heteroatoms. The van der Waals surface area contributed by atoms with Crippen molar-refractivity contribution in [2.45, 2.75) is 12.4 Å². The summed E-state index contributed by atoms with van der Waals surface area (Å²) >= 11 is 0. The molecule has 0 amide bonds. The molecule has 1 aromatic rings. The molecule has 0 bridgehead atoms. The lowest BCUT2D eigenvalue weighted by Crippen LogP contribution is -2.30. The largest absolute Gasteiger partial charge is 0.420 e. The van der Waals surface area contributed by atoms with Gasteiger partial charge in [0, 0.05) is 0 Å². The number of nitriles is 1. The number of benzene rings is 1. The third kappa shape index (κ3) is 4.44. The van der Waals surface area contributed by atoms with E-state index >= 15 is 0 Å². The molecular formula is C16H7F6N3O. The second-order valence-electron chi connectivity index (χ2n) is 4.94. The summed E-state index contributed by atoms with van der Waals surface area (Å²) in [5, 5.41) is 15.7. The Kier molecular flexibility index (Phi) is 5.11. The summed E-state index contributed by atoms with van der Waals surface area (Å²) in [5.41, 5.74) is -3.89. The lowest BCUT2D eigenvalue weighted by Gasteiger charge is -2.19. The molecular weight excluding hydrogens is 364 g/mol. The Morgan fingerprint density at radius 3 is 1.85 bits per heavy atom. The second kappa shape index (κ2) is 6.95. The number of hydrogen-bond acceptors (Lipinski definition) is 4. The summed E-state index contributed by atoms with van der Waals surface area (Å²) < 4.78 is 76.8. The first-order valence-electron chi connectivity index (χ1n) is 6.76. The van der Waals surface area contributed by atoms with E-state index in [-0.39, 0.29) is 17.8 Å². The normalized spacial score (nSPS) is 15.6. The smallest absolute Gasteiger partial charge is 0.289 e. The molecule has 134 valence electrons. The van der Waals surface area contributed by atoms with Gasteiger partial charge >= 0.3 is 12.4 Å². The Balaban J connectivity index is 2.37. The second-order valence-corrected chi connectivity index (χ2v) is 4.94. The first-order chi connectivity index (χ1) is 12.0. The van der Waals surface area contributed by atoms with Crippen molar-refractivity contribution < 1.29 is 31.1 Å². The van der Waals surface area contributed by atoms with Crippen LogP contribution in [0.3, 0.4) is 0 Å². The average Bonchev–Trinajstić information content (AvgIpc) is 2.54. The number of azo groups is 1. The van der Waals surface area contributed by atoms with Gasteiger partial charge in [0.1, 0.15) is 11.1 Å². The van der Waals surface area contributed by atoms with E-state index < -0.39 is 34.9 Å². The van der Waals surface area contributed by atoms with Crippen LogP contribution >= 0.6 is 0 Å². The molecule has 0 saturated heterocycles. The third-order valence-corrected chi connectivity index (χ3v) is 3.10. The maximum atomic E-state index is 12.8. The fourth-order valence-electron chi connectivity index (χ4n) is 1.91. The van der Waals surface area contributed by atoms with E-state index in [0.29, 0.717) is 11.8 Å². The summed E-state index contributed by atoms with van der Waals surface area (Å²) in [6.07, 6.45) is -9.27. The van der Waals surface area contributed by atoms with Crippen molar-refractivity contribution in [2.24, 2.45) is 10.2 Å². The van der Waals surface area contributed by atoms with Gasteiger partial charge in [-0.05, 0) is 42.0 Å². The molecule has 0 aromatic heterocycles. The zero-order valence-corrected chi connectivity index (χ0v) is 12.6. The minimum Gasteiger partial charge on any atom is -0.289 e. The first-order valence-corrected chi connectivity index (χ1v) is 6.76. The van der Waals surface area contributed by atoms with E-state index in [1.165, 1.54) is 24.3 Å². The first kappa shape index (κ1) is 19.1. The lowest BCUT2D eigenvalue weighted by atomic mass is 9.93. The van der Waals surface area contributed by atoms with E-state index in [4.69, 9.17) is 5.26 Å². The van der Waals surface area contributed by atoms with Gasteiger partial charge in [0.05, 0.1) is 23.5 Å². The molecule has 0 fully saturated rings. The van der Waals surface area contributed by atoms with Crippen molar-refractivity contribution in [3.8, 4) is 6.07 Å². The third-order valence-electron chi connectivity index (χ3n) is 3.10. The standard InChI is InChI=1S/C16H7F6N3O/c17-15(18,19)12-5-10(6-13(14(12)26)16(20,21)22)8-24-25-11-3-1-9(7-23)2-4-11/h1-6,8H. The highest BCUT2D eigenvalue weighted by Crippen LogP contribution is 2.38. The number of hydrogen-bond donors (Lipinski definition) is 0. The Labute approximate surface area is 142 Å². The van der Waals surface area contributed by atoms with Crippen LogP contribution in [0.25, 0.3) is 0 Å². The summed E-state index contributed by atoms with van der Waals surface area (Å²) in [5.74, 6) is -2.15. The maximum absolute atomic E-state index is 12.8. The van der Waals surface area contributed by atoms with Crippen LogP contribution < -0.4 is 0 Å². The number of ketones is 1. The quantitative estimate of drug-likeness (QED) is 0.537. The van der Waals surface area contributed by atoms with Crippen molar-refractivity contribution in [2.75, 3.05) is 0 Å². The summed E-state index contributed by atoms with van der Waals surface area (Å²) in [6.45, 7) is 0. The van der Waals surface area contributed by atoms with Crippen LogP contribution in [0.4, 0.5) is 32.0 Å². The number of allylic oxidation sites excluding steroid dienone is 5. The molecule has 0 unspecified atom stereocenters. The van der Waals surface area contributed by atoms with Gasteiger partial charge in [-0.25, -0.2) is 0 Å². The van der Waals surface area contributed by atoms with Crippen LogP contribution in [0.2, 0.25) is 0 Å². The number of Topliss-reactive ketones (excluding diaryl/α,β-unsaturated/α-hetero) is 1. The minimum atomic E-state index is -5.24. The number of rotatable bonds is 2. The Hall–Kier alpha value is -3.22. The molecule has 4 nitrogen and oxygen atoms in total. The SMILES string of the molecule is N#Cc1ccc(N=NC=C2C=C(C(F)(F)F)C(=O)C(C(F)(F)F)=C2)cc1. The van der Waals surface area contributed by atoms with Crippen molar-refractivity contribution in [3.05, 3.63) is 64.9 Å². The number of nitrogens with zero attached hydrogens (tertiary/aromatic N) is 3. The molecule has 0 aliphatic heterocycles. The van der Waals surface area contributed by atoms with Crippen LogP contribution in [-0.4, -0.2) is 18.1 Å². The van der Waals surface area contributed by atoms with Crippen LogP contribution in [0.15, 0.2) is 69.6 Å². The van der Waals surface area contributed by atoms with E-state index in [0.717, 1.165) is 0 Å². The maximum Gasteiger partial charge on any atom is 0.420 e. The van der Waals surface area contributed by atoms with Crippen molar-refractivity contribution >= 4 is 11.5 Å². The topological polar surface area (TPSA) is 65.6 Å². The number of alkyl halides is 6. The van der Waals surface area contributed by atoms with Crippen LogP contribution in [0, 0.1) is 11.3 Å². The monoisotopic (exact) mass is 371 g/mol. The van der Waals surface area contributed by atoms with Crippen molar-refractivity contribution in [1.29, 1.82) is 5.26 Å². The fourth-order valence-corrected chi connectivity index (χ4v) is 1.91. The fraction of sp³-hybridized carbons (Fsp3) is 0.125. The van der Waals surface area contributed by atoms with E-state index in [1.54, 1.807) is 0 Å². The van der Waals surface area contributed by atoms with Crippen molar-refractivity contribution in [3.63, 3.8) is 0 Å². The molecule has 1 aliphatic rings. The molecule has 0 N–H and O–H groups in total. The minimum absolute atomic E-state index is 0.229. The summed E-state index contributed by atoms with van der Waals surface area (Å²) in [7, 11) is 0. The van der Waals surface area contributed by atoms with Gasteiger partial charge in [-0.15, -0.1) is 0 Å². The van der Waals surface area contributed by atoms with Gasteiger partial charge in [0.2, 0.25) is 5.78 Å². The number of carbonyl (C=O) groups excluding carboxylic acids is 1. The lowest BCUT2D eigenvalue weighted by molar-refractivity contribution is -0.136. The van der Waals surface area contributed by atoms with Crippen molar-refractivity contribution in [1.82, 2.24) is 0 Å². The van der Waals surface area contributed by atoms with Crippen LogP contribution in [0.5, 0.6) is 0 Å². The molecule has 1 aliphatic carbocycles. The highest BCUT2D eigenvalue weighted by Gasteiger charge is 2.48. The summed E-state index contributed by atoms with van der Waals surface area (Å²) in [4.78, 5) is 11.4. The Morgan fingerprint density at radius 2 is 1.42 bits per heavy atom. The highest BCUT2D eigenvalue weighted by molar-refractivity contribution is 6.12. The Morgan fingerprint density at radius 1 is 0.923 bits per heavy atom. The van der Waals surface area contributed by atoms with Gasteiger partial charge in [-0.2, -0.15) is 41.8 Å². The van der Waals surface area contributed by atoms with Gasteiger partial charge < -0.3 is 0 Å². The molecule has 0 heterocycles. The van der Waals surface area contributed by atoms with Gasteiger partial charge in [0.25, 0.3) is 0 Å². The molecule has 26 heavy (non-hydrogen) atoms. The average molecular weight is 371 g/mol. The molecule has 0 spiro atoms. The predicted molar refractivity (Wildman–Crippen MR) is 77.0 cm³/mol. The van der Waals surface area contributed by atoms with Crippen LogP contribution in [0.1, 0.15) is 5.56 Å². The van der Waals surface area contributed by atoms with Gasteiger partial charge in [-0.3, -0.25) is 4.79 Å². The number of halogens is 6. The molecule has 1 aromatic carbocycles. The molecule has 2 rings (SSSR count). The van der Waals surface area contributed by atoms with Gasteiger partial charge in [0.15, 0.2) is 0 Å².